The van der Waals surface area contributed by atoms with Crippen molar-refractivity contribution in [2.45, 2.75) is 29.8 Å². The molecule has 0 aliphatic carbocycles. The first-order chi connectivity index (χ1) is 9.01. The van der Waals surface area contributed by atoms with Crippen LogP contribution in [0.3, 0.4) is 0 Å². The number of benzene rings is 1. The molecule has 2 atom stereocenters. The van der Waals surface area contributed by atoms with Gasteiger partial charge in [0, 0.05) is 25.2 Å². The molecule has 2 aliphatic heterocycles. The smallest absolute Gasteiger partial charge is 0.249 e. The molecule has 2 unspecified atom stereocenters. The number of halogens is 2. The molecule has 2 saturated heterocycles. The quantitative estimate of drug-likeness (QED) is 0.886. The van der Waals surface area contributed by atoms with Gasteiger partial charge in [-0.3, -0.25) is 0 Å². The van der Waals surface area contributed by atoms with Crippen molar-refractivity contribution in [1.29, 1.82) is 0 Å². The van der Waals surface area contributed by atoms with E-state index < -0.39 is 26.6 Å². The standard InChI is InChI=1S/C12H14F2N2O2S/c13-10-2-1-3-11(14)12(10)19(17,18)16-8-4-5-9(16)7-15-6-8/h1-3,8-9,15H,4-7H2. The minimum absolute atomic E-state index is 0.206. The summed E-state index contributed by atoms with van der Waals surface area (Å²) in [6, 6.07) is 2.70. The molecule has 1 N–H and O–H groups in total. The summed E-state index contributed by atoms with van der Waals surface area (Å²) < 4.78 is 53.7. The van der Waals surface area contributed by atoms with Gasteiger partial charge in [-0.05, 0) is 25.0 Å². The van der Waals surface area contributed by atoms with Crippen molar-refractivity contribution in [3.63, 3.8) is 0 Å². The maximum atomic E-state index is 13.7. The van der Waals surface area contributed by atoms with Crippen LogP contribution in [-0.2, 0) is 10.0 Å². The molecule has 4 nitrogen and oxygen atoms in total. The number of hydrogen-bond acceptors (Lipinski definition) is 3. The average Bonchev–Trinajstić information content (AvgIpc) is 2.61. The molecule has 2 aliphatic rings. The van der Waals surface area contributed by atoms with Gasteiger partial charge in [0.2, 0.25) is 10.0 Å². The molecule has 0 radical (unpaired) electrons. The number of hydrogen-bond donors (Lipinski definition) is 1. The van der Waals surface area contributed by atoms with Gasteiger partial charge in [-0.1, -0.05) is 6.07 Å². The second kappa shape index (κ2) is 4.50. The molecule has 2 heterocycles. The lowest BCUT2D eigenvalue weighted by molar-refractivity contribution is 0.261. The first-order valence-electron chi connectivity index (χ1n) is 6.20. The Morgan fingerprint density at radius 1 is 1.11 bits per heavy atom. The van der Waals surface area contributed by atoms with Crippen molar-refractivity contribution in [3.05, 3.63) is 29.8 Å². The first-order valence-corrected chi connectivity index (χ1v) is 7.64. The maximum absolute atomic E-state index is 13.7. The summed E-state index contributed by atoms with van der Waals surface area (Å²) in [5.74, 6) is -2.06. The molecule has 19 heavy (non-hydrogen) atoms. The highest BCUT2D eigenvalue weighted by atomic mass is 32.2. The number of sulfonamides is 1. The summed E-state index contributed by atoms with van der Waals surface area (Å²) in [5, 5.41) is 3.14. The monoisotopic (exact) mass is 288 g/mol. The van der Waals surface area contributed by atoms with Gasteiger partial charge in [-0.25, -0.2) is 17.2 Å². The molecule has 2 bridgehead atoms. The molecule has 0 amide bonds. The third-order valence-corrected chi connectivity index (χ3v) is 5.82. The molecule has 0 spiro atoms. The van der Waals surface area contributed by atoms with E-state index >= 15 is 0 Å². The van der Waals surface area contributed by atoms with Gasteiger partial charge in [0.15, 0.2) is 4.90 Å². The van der Waals surface area contributed by atoms with Crippen molar-refractivity contribution in [2.24, 2.45) is 0 Å². The molecule has 1 aromatic rings. The Kier molecular flexibility index (Phi) is 3.07. The van der Waals surface area contributed by atoms with Gasteiger partial charge in [0.05, 0.1) is 0 Å². The minimum atomic E-state index is -4.12. The number of rotatable bonds is 2. The normalized spacial score (nSPS) is 27.7. The highest BCUT2D eigenvalue weighted by Crippen LogP contribution is 2.34. The second-order valence-corrected chi connectivity index (χ2v) is 6.71. The fraction of sp³-hybridized carbons (Fsp3) is 0.500. The summed E-state index contributed by atoms with van der Waals surface area (Å²) in [7, 11) is -4.12. The summed E-state index contributed by atoms with van der Waals surface area (Å²) in [4.78, 5) is -0.825. The Morgan fingerprint density at radius 3 is 2.16 bits per heavy atom. The molecule has 0 aromatic heterocycles. The predicted molar refractivity (Wildman–Crippen MR) is 65.1 cm³/mol. The minimum Gasteiger partial charge on any atom is -0.314 e. The van der Waals surface area contributed by atoms with Crippen molar-refractivity contribution < 1.29 is 17.2 Å². The molecule has 1 aromatic carbocycles. The number of fused-ring (bicyclic) bond motifs is 2. The fourth-order valence-corrected chi connectivity index (χ4v) is 4.95. The summed E-state index contributed by atoms with van der Waals surface area (Å²) in [6.45, 7) is 1.07. The van der Waals surface area contributed by atoms with Crippen LogP contribution in [0.4, 0.5) is 8.78 Å². The zero-order valence-electron chi connectivity index (χ0n) is 10.1. The highest BCUT2D eigenvalue weighted by molar-refractivity contribution is 7.89. The zero-order chi connectivity index (χ0) is 13.6. The third-order valence-electron chi connectivity index (χ3n) is 3.77. The largest absolute Gasteiger partial charge is 0.314 e. The molecule has 104 valence electrons. The van der Waals surface area contributed by atoms with Crippen molar-refractivity contribution in [2.75, 3.05) is 13.1 Å². The number of piperazine rings is 1. The van der Waals surface area contributed by atoms with Crippen molar-refractivity contribution in [1.82, 2.24) is 9.62 Å². The second-order valence-electron chi connectivity index (χ2n) is 4.93. The Bertz CT molecular complexity index is 569. The Labute approximate surface area is 110 Å². The van der Waals surface area contributed by atoms with E-state index in [2.05, 4.69) is 5.32 Å². The van der Waals surface area contributed by atoms with Crippen LogP contribution in [0.1, 0.15) is 12.8 Å². The fourth-order valence-electron chi connectivity index (χ4n) is 2.96. The van der Waals surface area contributed by atoms with Crippen molar-refractivity contribution in [3.8, 4) is 0 Å². The van der Waals surface area contributed by atoms with Gasteiger partial charge < -0.3 is 5.32 Å². The van der Waals surface area contributed by atoms with Crippen LogP contribution in [0.25, 0.3) is 0 Å². The van der Waals surface area contributed by atoms with E-state index in [1.807, 2.05) is 0 Å². The van der Waals surface area contributed by atoms with E-state index in [1.54, 1.807) is 0 Å². The van der Waals surface area contributed by atoms with Gasteiger partial charge >= 0.3 is 0 Å². The van der Waals surface area contributed by atoms with Gasteiger partial charge in [0.25, 0.3) is 0 Å². The number of nitrogens with zero attached hydrogens (tertiary/aromatic N) is 1. The van der Waals surface area contributed by atoms with E-state index in [-0.39, 0.29) is 12.1 Å². The molecule has 3 rings (SSSR count). The zero-order valence-corrected chi connectivity index (χ0v) is 11.0. The van der Waals surface area contributed by atoms with E-state index in [0.29, 0.717) is 13.1 Å². The Hall–Kier alpha value is -1.05. The summed E-state index contributed by atoms with van der Waals surface area (Å²) in [6.07, 6.45) is 1.46. The molecule has 0 saturated carbocycles. The number of nitrogens with one attached hydrogen (secondary N) is 1. The van der Waals surface area contributed by atoms with Crippen LogP contribution in [0.2, 0.25) is 0 Å². The SMILES string of the molecule is O=S(=O)(c1c(F)cccc1F)N1C2CCC1CNC2. The van der Waals surface area contributed by atoms with Crippen molar-refractivity contribution >= 4 is 10.0 Å². The maximum Gasteiger partial charge on any atom is 0.249 e. The van der Waals surface area contributed by atoms with Crippen LogP contribution in [0.5, 0.6) is 0 Å². The van der Waals surface area contributed by atoms with E-state index in [1.165, 1.54) is 4.31 Å². The van der Waals surface area contributed by atoms with E-state index in [4.69, 9.17) is 0 Å². The average molecular weight is 288 g/mol. The van der Waals surface area contributed by atoms with Crippen LogP contribution in [0.15, 0.2) is 23.1 Å². The van der Waals surface area contributed by atoms with E-state index in [9.17, 15) is 17.2 Å². The first kappa shape index (κ1) is 13.0. The van der Waals surface area contributed by atoms with Crippen LogP contribution < -0.4 is 5.32 Å². The van der Waals surface area contributed by atoms with E-state index in [0.717, 1.165) is 31.0 Å². The highest BCUT2D eigenvalue weighted by Gasteiger charge is 2.45. The van der Waals surface area contributed by atoms with Crippen LogP contribution >= 0.6 is 0 Å². The third kappa shape index (κ3) is 1.96. The van der Waals surface area contributed by atoms with Gasteiger partial charge in [-0.15, -0.1) is 0 Å². The summed E-state index contributed by atoms with van der Waals surface area (Å²) >= 11 is 0. The lowest BCUT2D eigenvalue weighted by atomic mass is 10.2. The van der Waals surface area contributed by atoms with Crippen LogP contribution in [0, 0.1) is 11.6 Å². The molecular formula is C12H14F2N2O2S. The molecular weight excluding hydrogens is 274 g/mol. The van der Waals surface area contributed by atoms with Gasteiger partial charge in [-0.2, -0.15) is 4.31 Å². The predicted octanol–water partition coefficient (Wildman–Crippen LogP) is 1.09. The van der Waals surface area contributed by atoms with Gasteiger partial charge in [0.1, 0.15) is 11.6 Å². The summed E-state index contributed by atoms with van der Waals surface area (Å²) in [5.41, 5.74) is 0. The topological polar surface area (TPSA) is 49.4 Å². The molecule has 7 heteroatoms. The van der Waals surface area contributed by atoms with Crippen LogP contribution in [-0.4, -0.2) is 37.9 Å². The lowest BCUT2D eigenvalue weighted by Gasteiger charge is -2.34. The lowest BCUT2D eigenvalue weighted by Crippen LogP contribution is -2.54. The Balaban J connectivity index is 2.09. The molecule has 2 fully saturated rings. The Morgan fingerprint density at radius 2 is 1.63 bits per heavy atom.